The van der Waals surface area contributed by atoms with Crippen LogP contribution >= 0.6 is 23.1 Å². The van der Waals surface area contributed by atoms with Crippen LogP contribution < -0.4 is 16.0 Å². The second-order valence-electron chi connectivity index (χ2n) is 12.8. The number of anilines is 2. The van der Waals surface area contributed by atoms with Gasteiger partial charge in [0.25, 0.3) is 0 Å². The second kappa shape index (κ2) is 13.2. The van der Waals surface area contributed by atoms with E-state index in [9.17, 15) is 19.8 Å². The molecule has 2 aliphatic heterocycles. The minimum atomic E-state index is -1.14. The first-order valence-corrected chi connectivity index (χ1v) is 18.0. The first-order chi connectivity index (χ1) is 24.0. The standard InChI is InChI=1S/C40H36N4O4S2/c1-4-23(38(45)46)17-30(41)31-19-25(39(47)48)20-33(43-31)32-18-24(15-16-42-32)34-21-28-36(49-34)37-29(40(28,2)3)22-35(50-37)44(26-11-7-5-8-12-26)27-13-9-6-10-14-27/h4-21,32,35,42H,22,41H2,1-3H3,(H,45,46)(H,47,48)/b23-4+,30-17-. The lowest BCUT2D eigenvalue weighted by Gasteiger charge is -2.33. The molecule has 2 aromatic heterocycles. The van der Waals surface area contributed by atoms with E-state index in [0.29, 0.717) is 5.69 Å². The van der Waals surface area contributed by atoms with Gasteiger partial charge in [-0.3, -0.25) is 0 Å². The van der Waals surface area contributed by atoms with Gasteiger partial charge in [0.05, 0.1) is 39.6 Å². The molecule has 50 heavy (non-hydrogen) atoms. The molecule has 7 rings (SSSR count). The lowest BCUT2D eigenvalue weighted by Crippen LogP contribution is -2.29. The predicted octanol–water partition coefficient (Wildman–Crippen LogP) is 8.72. The number of aromatic nitrogens is 1. The largest absolute Gasteiger partial charge is 0.478 e. The Morgan fingerprint density at radius 3 is 2.32 bits per heavy atom. The van der Waals surface area contributed by atoms with Gasteiger partial charge in [-0.2, -0.15) is 0 Å². The fourth-order valence-electron chi connectivity index (χ4n) is 6.73. The van der Waals surface area contributed by atoms with Crippen LogP contribution in [0.25, 0.3) is 16.2 Å². The van der Waals surface area contributed by atoms with Crippen LogP contribution in [0.5, 0.6) is 0 Å². The van der Waals surface area contributed by atoms with Crippen LogP contribution in [-0.2, 0) is 10.2 Å². The normalized spacial score (nSPS) is 19.5. The third-order valence-corrected chi connectivity index (χ3v) is 12.0. The molecular weight excluding hydrogens is 665 g/mol. The van der Waals surface area contributed by atoms with Gasteiger partial charge in [0.15, 0.2) is 0 Å². The van der Waals surface area contributed by atoms with E-state index < -0.39 is 18.0 Å². The number of hydrogen-bond acceptors (Lipinski definition) is 8. The summed E-state index contributed by atoms with van der Waals surface area (Å²) in [6, 6.07) is 25.9. The number of aliphatic carboxylic acids is 1. The first kappa shape index (κ1) is 33.2. The Morgan fingerprint density at radius 1 is 1.02 bits per heavy atom. The summed E-state index contributed by atoms with van der Waals surface area (Å²) < 4.78 is 0. The molecular formula is C40H36N4O4S2. The van der Waals surface area contributed by atoms with E-state index in [1.54, 1.807) is 18.3 Å². The van der Waals surface area contributed by atoms with Crippen LogP contribution in [0.15, 0.2) is 121 Å². The van der Waals surface area contributed by atoms with Crippen molar-refractivity contribution in [2.75, 3.05) is 4.90 Å². The van der Waals surface area contributed by atoms with Gasteiger partial charge in [-0.1, -0.05) is 68.1 Å². The SMILES string of the molecule is C/C=C(\C=C(/N)c1cc(C(=O)O)cc(C2C=C(c3cc4c(s3)C3=C(CC(N(c5ccccc5)c5ccccc5)S3)C4(C)C)C=CN2)n1)C(=O)O. The molecule has 4 heterocycles. The highest BCUT2D eigenvalue weighted by atomic mass is 32.2. The van der Waals surface area contributed by atoms with Crippen LogP contribution in [0, 0.1) is 0 Å². The van der Waals surface area contributed by atoms with E-state index in [-0.39, 0.29) is 33.3 Å². The zero-order valence-corrected chi connectivity index (χ0v) is 29.4. The molecule has 0 fully saturated rings. The summed E-state index contributed by atoms with van der Waals surface area (Å²) in [5, 5.41) is 22.8. The van der Waals surface area contributed by atoms with Gasteiger partial charge in [0, 0.05) is 37.9 Å². The number of carboxylic acids is 2. The number of thiophene rings is 1. The van der Waals surface area contributed by atoms with Crippen LogP contribution in [0.4, 0.5) is 11.4 Å². The van der Waals surface area contributed by atoms with Gasteiger partial charge >= 0.3 is 11.9 Å². The molecule has 2 aromatic carbocycles. The van der Waals surface area contributed by atoms with Crippen LogP contribution in [0.1, 0.15) is 70.3 Å². The summed E-state index contributed by atoms with van der Waals surface area (Å²) in [5.41, 5.74) is 13.0. The lowest BCUT2D eigenvalue weighted by atomic mass is 9.80. The van der Waals surface area contributed by atoms with Crippen LogP contribution in [0.2, 0.25) is 0 Å². The summed E-state index contributed by atoms with van der Waals surface area (Å²) in [6.07, 6.45) is 9.60. The van der Waals surface area contributed by atoms with Crippen molar-refractivity contribution in [3.8, 4) is 0 Å². The average molecular weight is 701 g/mol. The Kier molecular flexibility index (Phi) is 8.75. The Bertz CT molecular complexity index is 2120. The molecule has 8 nitrogen and oxygen atoms in total. The van der Waals surface area contributed by atoms with E-state index in [4.69, 9.17) is 5.73 Å². The number of aromatic carboxylic acids is 1. The lowest BCUT2D eigenvalue weighted by molar-refractivity contribution is -0.132. The number of allylic oxidation sites excluding steroid dienone is 3. The number of nitrogens with one attached hydrogen (secondary N) is 1. The molecule has 4 aromatic rings. The summed E-state index contributed by atoms with van der Waals surface area (Å²) in [5.74, 6) is -2.27. The molecule has 0 radical (unpaired) electrons. The fourth-order valence-corrected chi connectivity index (χ4v) is 9.86. The zero-order valence-electron chi connectivity index (χ0n) is 27.8. The van der Waals surface area contributed by atoms with Gasteiger partial charge in [-0.15, -0.1) is 11.3 Å². The minimum Gasteiger partial charge on any atom is -0.478 e. The zero-order chi connectivity index (χ0) is 35.2. The predicted molar refractivity (Wildman–Crippen MR) is 203 cm³/mol. The molecule has 3 aliphatic rings. The number of hydrogen-bond donors (Lipinski definition) is 4. The highest BCUT2D eigenvalue weighted by Crippen LogP contribution is 2.62. The number of rotatable bonds is 9. The number of nitrogens with zero attached hydrogens (tertiary/aromatic N) is 2. The van der Waals surface area contributed by atoms with Crippen molar-refractivity contribution in [3.05, 3.63) is 153 Å². The van der Waals surface area contributed by atoms with Gasteiger partial charge in [-0.05, 0) is 90.5 Å². The molecule has 2 unspecified atom stereocenters. The Labute approximate surface area is 299 Å². The number of fused-ring (bicyclic) bond motifs is 2. The maximum absolute atomic E-state index is 12.1. The van der Waals surface area contributed by atoms with Crippen molar-refractivity contribution in [1.82, 2.24) is 10.3 Å². The van der Waals surface area contributed by atoms with E-state index in [0.717, 1.165) is 16.9 Å². The smallest absolute Gasteiger partial charge is 0.335 e. The van der Waals surface area contributed by atoms with Gasteiger partial charge in [-0.25, -0.2) is 14.6 Å². The number of dihydropyridines is 1. The molecule has 0 saturated heterocycles. The van der Waals surface area contributed by atoms with Crippen molar-refractivity contribution in [3.63, 3.8) is 0 Å². The second-order valence-corrected chi connectivity index (χ2v) is 15.1. The molecule has 252 valence electrons. The fraction of sp³-hybridized carbons (Fsp3) is 0.175. The molecule has 10 heteroatoms. The van der Waals surface area contributed by atoms with Gasteiger partial charge < -0.3 is 26.2 Å². The third-order valence-electron chi connectivity index (χ3n) is 9.37. The van der Waals surface area contributed by atoms with Gasteiger partial charge in [0.2, 0.25) is 0 Å². The number of pyridine rings is 1. The quantitative estimate of drug-likeness (QED) is 0.100. The Morgan fingerprint density at radius 2 is 1.70 bits per heavy atom. The molecule has 0 bridgehead atoms. The highest BCUT2D eigenvalue weighted by molar-refractivity contribution is 8.09. The first-order valence-electron chi connectivity index (χ1n) is 16.3. The van der Waals surface area contributed by atoms with E-state index in [2.05, 4.69) is 95.8 Å². The summed E-state index contributed by atoms with van der Waals surface area (Å²) in [6.45, 7) is 6.24. The van der Waals surface area contributed by atoms with Crippen molar-refractivity contribution in [2.24, 2.45) is 5.73 Å². The number of carboxylic acid groups (broad SMARTS) is 2. The van der Waals surface area contributed by atoms with Crippen molar-refractivity contribution in [1.29, 1.82) is 0 Å². The van der Waals surface area contributed by atoms with Crippen molar-refractivity contribution in [2.45, 2.75) is 44.0 Å². The third kappa shape index (κ3) is 6.05. The molecule has 5 N–H and O–H groups in total. The number of para-hydroxylation sites is 2. The Hall–Kier alpha value is -5.32. The average Bonchev–Trinajstić information content (AvgIpc) is 3.81. The van der Waals surface area contributed by atoms with Crippen molar-refractivity contribution < 1.29 is 19.8 Å². The number of thioether (sulfide) groups is 1. The number of nitrogens with two attached hydrogens (primary N) is 1. The monoisotopic (exact) mass is 700 g/mol. The van der Waals surface area contributed by atoms with E-state index in [1.807, 2.05) is 30.1 Å². The van der Waals surface area contributed by atoms with Crippen LogP contribution in [-0.4, -0.2) is 32.5 Å². The number of carbonyl (C=O) groups is 2. The number of benzene rings is 2. The summed E-state index contributed by atoms with van der Waals surface area (Å²) >= 11 is 3.73. The molecule has 2 atom stereocenters. The van der Waals surface area contributed by atoms with Gasteiger partial charge in [0.1, 0.15) is 0 Å². The maximum atomic E-state index is 12.1. The summed E-state index contributed by atoms with van der Waals surface area (Å²) in [4.78, 5) is 34.6. The minimum absolute atomic E-state index is 0.00850. The molecule has 0 amide bonds. The molecule has 0 spiro atoms. The maximum Gasteiger partial charge on any atom is 0.335 e. The molecule has 0 saturated carbocycles. The highest BCUT2D eigenvalue weighted by Gasteiger charge is 2.46. The van der Waals surface area contributed by atoms with E-state index >= 15 is 0 Å². The van der Waals surface area contributed by atoms with E-state index in [1.165, 1.54) is 56.6 Å². The molecule has 1 aliphatic carbocycles. The van der Waals surface area contributed by atoms with Crippen molar-refractivity contribution >= 4 is 62.6 Å². The summed E-state index contributed by atoms with van der Waals surface area (Å²) in [7, 11) is 0. The Balaban J connectivity index is 1.20. The van der Waals surface area contributed by atoms with Crippen LogP contribution in [0.3, 0.4) is 0 Å². The topological polar surface area (TPSA) is 129 Å².